The van der Waals surface area contributed by atoms with Gasteiger partial charge >= 0.3 is 0 Å². The number of piperidine rings is 1. The molecule has 0 saturated carbocycles. The molecule has 0 radical (unpaired) electrons. The average Bonchev–Trinajstić information content (AvgIpc) is 2.52. The van der Waals surface area contributed by atoms with Gasteiger partial charge < -0.3 is 5.32 Å². The van der Waals surface area contributed by atoms with Crippen LogP contribution in [-0.2, 0) is 4.79 Å². The van der Waals surface area contributed by atoms with Crippen molar-refractivity contribution in [1.29, 1.82) is 0 Å². The Labute approximate surface area is 138 Å². The lowest BCUT2D eigenvalue weighted by molar-refractivity contribution is -0.117. The summed E-state index contributed by atoms with van der Waals surface area (Å²) < 4.78 is 13.5. The molecule has 0 spiro atoms. The number of carbonyl (C=O) groups excluding carboxylic acids is 1. The summed E-state index contributed by atoms with van der Waals surface area (Å²) in [5, 5.41) is 2.93. The van der Waals surface area contributed by atoms with Crippen molar-refractivity contribution in [3.8, 4) is 0 Å². The highest BCUT2D eigenvalue weighted by molar-refractivity contribution is 5.91. The molecule has 2 rings (SSSR count). The molecule has 1 aromatic rings. The maximum absolute atomic E-state index is 13.5. The van der Waals surface area contributed by atoms with E-state index in [1.54, 1.807) is 18.2 Å². The van der Waals surface area contributed by atoms with Crippen LogP contribution in [0.2, 0.25) is 0 Å². The second-order valence-corrected chi connectivity index (χ2v) is 7.08. The summed E-state index contributed by atoms with van der Waals surface area (Å²) >= 11 is 0. The summed E-state index contributed by atoms with van der Waals surface area (Å²) in [6.07, 6.45) is 5.41. The lowest BCUT2D eigenvalue weighted by atomic mass is 9.93. The maximum atomic E-state index is 13.5. The quantitative estimate of drug-likeness (QED) is 0.843. The first-order valence-electron chi connectivity index (χ1n) is 8.34. The number of nitrogens with zero attached hydrogens (tertiary/aromatic N) is 1. The largest absolute Gasteiger partial charge is 0.351 e. The number of hydrogen-bond donors (Lipinski definition) is 1. The molecule has 1 aromatic carbocycles. The first-order valence-corrected chi connectivity index (χ1v) is 8.34. The minimum Gasteiger partial charge on any atom is -0.351 e. The van der Waals surface area contributed by atoms with Crippen molar-refractivity contribution in [1.82, 2.24) is 10.2 Å². The monoisotopic (exact) mass is 318 g/mol. The van der Waals surface area contributed by atoms with Crippen LogP contribution in [0.25, 0.3) is 6.08 Å². The zero-order chi connectivity index (χ0) is 16.9. The minimum absolute atomic E-state index is 0.0732. The highest BCUT2D eigenvalue weighted by atomic mass is 19.1. The lowest BCUT2D eigenvalue weighted by Crippen LogP contribution is -2.54. The molecule has 1 fully saturated rings. The summed E-state index contributed by atoms with van der Waals surface area (Å²) in [7, 11) is 0. The molecule has 1 atom stereocenters. The van der Waals surface area contributed by atoms with Gasteiger partial charge in [-0.2, -0.15) is 0 Å². The van der Waals surface area contributed by atoms with Gasteiger partial charge in [0.25, 0.3) is 0 Å². The molecule has 1 amide bonds. The Kier molecular flexibility index (Phi) is 5.94. The van der Waals surface area contributed by atoms with Crippen LogP contribution in [0.5, 0.6) is 0 Å². The van der Waals surface area contributed by atoms with Gasteiger partial charge in [-0.1, -0.05) is 25.1 Å². The van der Waals surface area contributed by atoms with Crippen LogP contribution in [0, 0.1) is 11.7 Å². The van der Waals surface area contributed by atoms with Crippen LogP contribution in [0.15, 0.2) is 30.3 Å². The zero-order valence-electron chi connectivity index (χ0n) is 14.3. The Balaban J connectivity index is 1.87. The molecular weight excluding hydrogens is 291 g/mol. The Morgan fingerprint density at radius 3 is 2.87 bits per heavy atom. The molecule has 0 aliphatic carbocycles. The lowest BCUT2D eigenvalue weighted by Gasteiger charge is -2.43. The van der Waals surface area contributed by atoms with E-state index < -0.39 is 0 Å². The number of halogens is 1. The highest BCUT2D eigenvalue weighted by Crippen LogP contribution is 2.23. The van der Waals surface area contributed by atoms with Crippen LogP contribution >= 0.6 is 0 Å². The fraction of sp³-hybridized carbons (Fsp3) is 0.526. The molecule has 126 valence electrons. The van der Waals surface area contributed by atoms with E-state index in [-0.39, 0.29) is 17.3 Å². The van der Waals surface area contributed by atoms with Gasteiger partial charge in [0.15, 0.2) is 0 Å². The first-order chi connectivity index (χ1) is 10.9. The summed E-state index contributed by atoms with van der Waals surface area (Å²) in [6.45, 7) is 9.34. The topological polar surface area (TPSA) is 32.3 Å². The third-order valence-electron chi connectivity index (χ3n) is 4.53. The van der Waals surface area contributed by atoms with Gasteiger partial charge in [-0.15, -0.1) is 0 Å². The van der Waals surface area contributed by atoms with Crippen molar-refractivity contribution in [2.24, 2.45) is 5.92 Å². The van der Waals surface area contributed by atoms with E-state index in [0.29, 0.717) is 18.0 Å². The van der Waals surface area contributed by atoms with Crippen LogP contribution < -0.4 is 5.32 Å². The molecule has 0 aromatic heterocycles. The maximum Gasteiger partial charge on any atom is 0.244 e. The van der Waals surface area contributed by atoms with Gasteiger partial charge in [-0.25, -0.2) is 4.39 Å². The van der Waals surface area contributed by atoms with E-state index in [9.17, 15) is 9.18 Å². The molecule has 0 unspecified atom stereocenters. The van der Waals surface area contributed by atoms with Crippen molar-refractivity contribution >= 4 is 12.0 Å². The minimum atomic E-state index is -0.320. The van der Waals surface area contributed by atoms with Crippen LogP contribution in [0.3, 0.4) is 0 Å². The van der Waals surface area contributed by atoms with Crippen LogP contribution in [-0.4, -0.2) is 36.0 Å². The van der Waals surface area contributed by atoms with Gasteiger partial charge in [-0.3, -0.25) is 9.69 Å². The molecule has 1 saturated heterocycles. The molecule has 1 aliphatic heterocycles. The predicted octanol–water partition coefficient (Wildman–Crippen LogP) is 3.47. The number of nitrogens with one attached hydrogen (secondary N) is 1. The normalized spacial score (nSPS) is 19.9. The average molecular weight is 318 g/mol. The number of rotatable bonds is 5. The van der Waals surface area contributed by atoms with E-state index in [1.807, 2.05) is 0 Å². The predicted molar refractivity (Wildman–Crippen MR) is 92.5 cm³/mol. The third kappa shape index (κ3) is 5.17. The fourth-order valence-electron chi connectivity index (χ4n) is 2.99. The molecular formula is C19H27FN2O. The Morgan fingerprint density at radius 2 is 2.17 bits per heavy atom. The molecule has 1 heterocycles. The summed E-state index contributed by atoms with van der Waals surface area (Å²) in [6, 6.07) is 6.42. The van der Waals surface area contributed by atoms with Gasteiger partial charge in [0.1, 0.15) is 5.82 Å². The Morgan fingerprint density at radius 1 is 1.43 bits per heavy atom. The number of carbonyl (C=O) groups is 1. The zero-order valence-corrected chi connectivity index (χ0v) is 14.3. The first kappa shape index (κ1) is 17.7. The van der Waals surface area contributed by atoms with Crippen molar-refractivity contribution in [3.63, 3.8) is 0 Å². The second-order valence-electron chi connectivity index (χ2n) is 7.08. The molecule has 23 heavy (non-hydrogen) atoms. The molecule has 1 N–H and O–H groups in total. The van der Waals surface area contributed by atoms with Gasteiger partial charge in [-0.05, 0) is 51.3 Å². The van der Waals surface area contributed by atoms with E-state index in [0.717, 1.165) is 13.1 Å². The molecule has 1 aliphatic rings. The van der Waals surface area contributed by atoms with Crippen LogP contribution in [0.1, 0.15) is 39.2 Å². The molecule has 3 nitrogen and oxygen atoms in total. The smallest absolute Gasteiger partial charge is 0.244 e. The Bertz CT molecular complexity index is 568. The Hall–Kier alpha value is -1.68. The SMILES string of the molecule is C[C@H]1CCCN(C(C)(C)CNC(=O)/C=C\c2ccccc2F)C1. The number of hydrogen-bond acceptors (Lipinski definition) is 2. The van der Waals surface area contributed by atoms with Gasteiger partial charge in [0.2, 0.25) is 5.91 Å². The van der Waals surface area contributed by atoms with Crippen molar-refractivity contribution < 1.29 is 9.18 Å². The fourth-order valence-corrected chi connectivity index (χ4v) is 2.99. The molecule has 0 bridgehead atoms. The number of likely N-dealkylation sites (tertiary alicyclic amines) is 1. The van der Waals surface area contributed by atoms with Crippen LogP contribution in [0.4, 0.5) is 4.39 Å². The van der Waals surface area contributed by atoms with E-state index in [4.69, 9.17) is 0 Å². The van der Waals surface area contributed by atoms with Crippen molar-refractivity contribution in [2.45, 2.75) is 39.2 Å². The highest BCUT2D eigenvalue weighted by Gasteiger charge is 2.30. The van der Waals surface area contributed by atoms with Gasteiger partial charge in [0.05, 0.1) is 0 Å². The van der Waals surface area contributed by atoms with E-state index in [1.165, 1.54) is 31.1 Å². The van der Waals surface area contributed by atoms with Gasteiger partial charge in [0, 0.05) is 30.3 Å². The summed E-state index contributed by atoms with van der Waals surface area (Å²) in [4.78, 5) is 14.4. The van der Waals surface area contributed by atoms with E-state index in [2.05, 4.69) is 31.0 Å². The number of benzene rings is 1. The van der Waals surface area contributed by atoms with Crippen molar-refractivity contribution in [3.05, 3.63) is 41.7 Å². The standard InChI is InChI=1S/C19H27FN2O/c1-15-7-6-12-22(13-15)19(2,3)14-21-18(23)11-10-16-8-4-5-9-17(16)20/h4-5,8-11,15H,6-7,12-14H2,1-3H3,(H,21,23)/b11-10-/t15-/m0/s1. The van der Waals surface area contributed by atoms with Crippen molar-refractivity contribution in [2.75, 3.05) is 19.6 Å². The summed E-state index contributed by atoms with van der Waals surface area (Å²) in [5.41, 5.74) is 0.350. The summed E-state index contributed by atoms with van der Waals surface area (Å²) in [5.74, 6) is 0.199. The third-order valence-corrected chi connectivity index (χ3v) is 4.53. The van der Waals surface area contributed by atoms with E-state index >= 15 is 0 Å². The number of amides is 1. The second kappa shape index (κ2) is 7.73. The molecule has 4 heteroatoms.